The zero-order valence-electron chi connectivity index (χ0n) is 9.19. The molecule has 0 saturated carbocycles. The molecule has 5 heteroatoms. The van der Waals surface area contributed by atoms with E-state index >= 15 is 0 Å². The summed E-state index contributed by atoms with van der Waals surface area (Å²) in [5, 5.41) is 9.47. The number of halogens is 1. The second kappa shape index (κ2) is 5.38. The zero-order chi connectivity index (χ0) is 12.3. The van der Waals surface area contributed by atoms with E-state index in [9.17, 15) is 4.79 Å². The van der Waals surface area contributed by atoms with Crippen molar-refractivity contribution in [2.75, 3.05) is 19.8 Å². The van der Waals surface area contributed by atoms with Crippen molar-refractivity contribution in [3.05, 3.63) is 28.8 Å². The average Bonchev–Trinajstić information content (AvgIpc) is 2.78. The Balaban J connectivity index is 2.07. The lowest BCUT2D eigenvalue weighted by Gasteiger charge is -2.12. The molecule has 1 aromatic carbocycles. The van der Waals surface area contributed by atoms with Gasteiger partial charge in [-0.3, -0.25) is 0 Å². The quantitative estimate of drug-likeness (QED) is 0.899. The summed E-state index contributed by atoms with van der Waals surface area (Å²) in [5.41, 5.74) is 0.133. The Morgan fingerprint density at radius 2 is 2.41 bits per heavy atom. The van der Waals surface area contributed by atoms with E-state index in [1.54, 1.807) is 0 Å². The van der Waals surface area contributed by atoms with Gasteiger partial charge in [-0.1, -0.05) is 11.6 Å². The number of carboxylic acids is 1. The Morgan fingerprint density at radius 3 is 3.06 bits per heavy atom. The van der Waals surface area contributed by atoms with Crippen molar-refractivity contribution in [2.24, 2.45) is 5.92 Å². The van der Waals surface area contributed by atoms with Crippen molar-refractivity contribution in [2.45, 2.75) is 6.42 Å². The summed E-state index contributed by atoms with van der Waals surface area (Å²) in [6.07, 6.45) is 0.947. The maximum Gasteiger partial charge on any atom is 0.339 e. The highest BCUT2D eigenvalue weighted by Gasteiger charge is 2.18. The standard InChI is InChI=1S/C12H13ClO4/c13-9-1-2-10(12(14)15)11(5-9)17-7-8-3-4-16-6-8/h1-2,5,8H,3-4,6-7H2,(H,14,15). The van der Waals surface area contributed by atoms with Crippen LogP contribution in [0.25, 0.3) is 0 Å². The maximum atomic E-state index is 11.0. The first-order valence-electron chi connectivity index (χ1n) is 5.40. The van der Waals surface area contributed by atoms with Crippen molar-refractivity contribution >= 4 is 17.6 Å². The highest BCUT2D eigenvalue weighted by atomic mass is 35.5. The number of rotatable bonds is 4. The van der Waals surface area contributed by atoms with Crippen LogP contribution in [0.1, 0.15) is 16.8 Å². The van der Waals surface area contributed by atoms with Crippen molar-refractivity contribution < 1.29 is 19.4 Å². The third-order valence-electron chi connectivity index (χ3n) is 2.67. The summed E-state index contributed by atoms with van der Waals surface area (Å²) in [6.45, 7) is 1.87. The molecule has 1 atom stereocenters. The summed E-state index contributed by atoms with van der Waals surface area (Å²) in [6, 6.07) is 4.52. The second-order valence-electron chi connectivity index (χ2n) is 3.99. The molecule has 1 aromatic rings. The lowest BCUT2D eigenvalue weighted by atomic mass is 10.1. The lowest BCUT2D eigenvalue weighted by Crippen LogP contribution is -2.13. The summed E-state index contributed by atoms with van der Waals surface area (Å²) in [4.78, 5) is 11.0. The van der Waals surface area contributed by atoms with E-state index in [0.717, 1.165) is 13.0 Å². The topological polar surface area (TPSA) is 55.8 Å². The molecule has 1 aliphatic rings. The van der Waals surface area contributed by atoms with E-state index in [0.29, 0.717) is 29.9 Å². The summed E-state index contributed by atoms with van der Waals surface area (Å²) < 4.78 is 10.7. The molecule has 1 aliphatic heterocycles. The molecule has 2 rings (SSSR count). The Kier molecular flexibility index (Phi) is 3.86. The molecule has 4 nitrogen and oxygen atoms in total. The van der Waals surface area contributed by atoms with E-state index in [2.05, 4.69) is 0 Å². The van der Waals surface area contributed by atoms with Gasteiger partial charge in [-0.15, -0.1) is 0 Å². The van der Waals surface area contributed by atoms with Crippen LogP contribution < -0.4 is 4.74 Å². The zero-order valence-corrected chi connectivity index (χ0v) is 9.94. The van der Waals surface area contributed by atoms with Crippen molar-refractivity contribution in [1.29, 1.82) is 0 Å². The fourth-order valence-corrected chi connectivity index (χ4v) is 1.88. The molecule has 0 spiro atoms. The van der Waals surface area contributed by atoms with Gasteiger partial charge in [0, 0.05) is 17.5 Å². The van der Waals surface area contributed by atoms with Gasteiger partial charge in [0.05, 0.1) is 13.2 Å². The molecular formula is C12H13ClO4. The minimum absolute atomic E-state index is 0.133. The lowest BCUT2D eigenvalue weighted by molar-refractivity contribution is 0.0691. The summed E-state index contributed by atoms with van der Waals surface area (Å²) in [7, 11) is 0. The van der Waals surface area contributed by atoms with Crippen LogP contribution in [-0.2, 0) is 4.74 Å². The summed E-state index contributed by atoms with van der Waals surface area (Å²) in [5.74, 6) is -0.369. The van der Waals surface area contributed by atoms with Crippen LogP contribution in [0.4, 0.5) is 0 Å². The van der Waals surface area contributed by atoms with Crippen LogP contribution in [0.5, 0.6) is 5.75 Å². The molecule has 1 heterocycles. The van der Waals surface area contributed by atoms with Crippen LogP contribution >= 0.6 is 11.6 Å². The van der Waals surface area contributed by atoms with Crippen molar-refractivity contribution in [3.8, 4) is 5.75 Å². The number of carbonyl (C=O) groups is 1. The predicted molar refractivity (Wildman–Crippen MR) is 62.8 cm³/mol. The Bertz CT molecular complexity index is 413. The maximum absolute atomic E-state index is 11.0. The third-order valence-corrected chi connectivity index (χ3v) is 2.91. The molecule has 1 fully saturated rings. The second-order valence-corrected chi connectivity index (χ2v) is 4.42. The number of aromatic carboxylic acids is 1. The molecule has 1 saturated heterocycles. The van der Waals surface area contributed by atoms with Gasteiger partial charge in [-0.25, -0.2) is 4.79 Å². The van der Waals surface area contributed by atoms with Gasteiger partial charge in [-0.2, -0.15) is 0 Å². The van der Waals surface area contributed by atoms with Crippen LogP contribution in [0.3, 0.4) is 0 Å². The molecule has 0 amide bonds. The summed E-state index contributed by atoms with van der Waals surface area (Å²) >= 11 is 5.82. The number of benzene rings is 1. The van der Waals surface area contributed by atoms with E-state index in [-0.39, 0.29) is 5.56 Å². The third kappa shape index (κ3) is 3.11. The molecule has 92 valence electrons. The van der Waals surface area contributed by atoms with Gasteiger partial charge >= 0.3 is 5.97 Å². The number of hydrogen-bond acceptors (Lipinski definition) is 3. The molecule has 0 bridgehead atoms. The molecule has 1 N–H and O–H groups in total. The first kappa shape index (κ1) is 12.2. The van der Waals surface area contributed by atoms with Crippen molar-refractivity contribution in [3.63, 3.8) is 0 Å². The van der Waals surface area contributed by atoms with E-state index in [4.69, 9.17) is 26.2 Å². The highest BCUT2D eigenvalue weighted by molar-refractivity contribution is 6.30. The van der Waals surface area contributed by atoms with E-state index < -0.39 is 5.97 Å². The van der Waals surface area contributed by atoms with Gasteiger partial charge in [-0.05, 0) is 24.6 Å². The first-order valence-corrected chi connectivity index (χ1v) is 5.78. The Morgan fingerprint density at radius 1 is 1.59 bits per heavy atom. The van der Waals surface area contributed by atoms with E-state index in [1.165, 1.54) is 18.2 Å². The monoisotopic (exact) mass is 256 g/mol. The van der Waals surface area contributed by atoms with Crippen LogP contribution in [0.2, 0.25) is 5.02 Å². The van der Waals surface area contributed by atoms with Gasteiger partial charge in [0.2, 0.25) is 0 Å². The first-order chi connectivity index (χ1) is 8.16. The Labute approximate surface area is 104 Å². The number of ether oxygens (including phenoxy) is 2. The minimum atomic E-state index is -1.01. The van der Waals surface area contributed by atoms with Crippen LogP contribution in [-0.4, -0.2) is 30.9 Å². The Hall–Kier alpha value is -1.26. The van der Waals surface area contributed by atoms with Gasteiger partial charge in [0.25, 0.3) is 0 Å². The smallest absolute Gasteiger partial charge is 0.339 e. The molecule has 0 aliphatic carbocycles. The van der Waals surface area contributed by atoms with Gasteiger partial charge in [0.1, 0.15) is 11.3 Å². The highest BCUT2D eigenvalue weighted by Crippen LogP contribution is 2.25. The molecular weight excluding hydrogens is 244 g/mol. The molecule has 17 heavy (non-hydrogen) atoms. The fourth-order valence-electron chi connectivity index (χ4n) is 1.71. The molecule has 1 unspecified atom stereocenters. The average molecular weight is 257 g/mol. The van der Waals surface area contributed by atoms with Crippen LogP contribution in [0.15, 0.2) is 18.2 Å². The molecule has 0 radical (unpaired) electrons. The normalized spacial score (nSPS) is 19.2. The van der Waals surface area contributed by atoms with E-state index in [1.807, 2.05) is 0 Å². The van der Waals surface area contributed by atoms with Crippen LogP contribution in [0, 0.1) is 5.92 Å². The van der Waals surface area contributed by atoms with Crippen molar-refractivity contribution in [1.82, 2.24) is 0 Å². The van der Waals surface area contributed by atoms with Gasteiger partial charge < -0.3 is 14.6 Å². The number of hydrogen-bond donors (Lipinski definition) is 1. The SMILES string of the molecule is O=C(O)c1ccc(Cl)cc1OCC1CCOC1. The fraction of sp³-hybridized carbons (Fsp3) is 0.417. The number of carboxylic acid groups (broad SMARTS) is 1. The molecule has 0 aromatic heterocycles. The largest absolute Gasteiger partial charge is 0.492 e. The minimum Gasteiger partial charge on any atom is -0.492 e. The predicted octanol–water partition coefficient (Wildman–Crippen LogP) is 2.45. The van der Waals surface area contributed by atoms with Gasteiger partial charge in [0.15, 0.2) is 0 Å².